The number of thiophene rings is 1. The van der Waals surface area contributed by atoms with Crippen molar-refractivity contribution in [3.05, 3.63) is 46.7 Å². The molecule has 0 spiro atoms. The SMILES string of the molecule is COc1ccc(N2CC(C(=O)NCC(OC)c3ccsc3)CC2=O)cc1. The lowest BCUT2D eigenvalue weighted by Gasteiger charge is -2.18. The summed E-state index contributed by atoms with van der Waals surface area (Å²) in [6, 6.07) is 9.25. The molecule has 1 aliphatic heterocycles. The van der Waals surface area contributed by atoms with Crippen molar-refractivity contribution in [1.29, 1.82) is 0 Å². The minimum atomic E-state index is -0.357. The zero-order chi connectivity index (χ0) is 18.5. The van der Waals surface area contributed by atoms with E-state index in [1.165, 1.54) is 0 Å². The van der Waals surface area contributed by atoms with Gasteiger partial charge in [0, 0.05) is 32.3 Å². The lowest BCUT2D eigenvalue weighted by molar-refractivity contribution is -0.126. The van der Waals surface area contributed by atoms with E-state index in [2.05, 4.69) is 5.32 Å². The first-order valence-electron chi connectivity index (χ1n) is 8.39. The second kappa shape index (κ2) is 8.33. The molecular weight excluding hydrogens is 352 g/mol. The Morgan fingerprint density at radius 3 is 2.69 bits per heavy atom. The average molecular weight is 374 g/mol. The van der Waals surface area contributed by atoms with Crippen LogP contribution in [0.5, 0.6) is 5.75 Å². The number of carbonyl (C=O) groups is 2. The smallest absolute Gasteiger partial charge is 0.227 e. The summed E-state index contributed by atoms with van der Waals surface area (Å²) in [6.07, 6.45) is 0.0357. The number of amides is 2. The number of nitrogens with zero attached hydrogens (tertiary/aromatic N) is 1. The summed E-state index contributed by atoms with van der Waals surface area (Å²) in [5.74, 6) is 0.210. The van der Waals surface area contributed by atoms with Crippen LogP contribution in [0.3, 0.4) is 0 Å². The van der Waals surface area contributed by atoms with Crippen LogP contribution in [0, 0.1) is 5.92 Å². The molecule has 2 atom stereocenters. The summed E-state index contributed by atoms with van der Waals surface area (Å²) in [5.41, 5.74) is 1.82. The fourth-order valence-electron chi connectivity index (χ4n) is 3.03. The van der Waals surface area contributed by atoms with Gasteiger partial charge < -0.3 is 19.7 Å². The van der Waals surface area contributed by atoms with Crippen LogP contribution in [0.1, 0.15) is 18.1 Å². The van der Waals surface area contributed by atoms with Crippen LogP contribution in [0.4, 0.5) is 5.69 Å². The van der Waals surface area contributed by atoms with Crippen molar-refractivity contribution in [3.63, 3.8) is 0 Å². The topological polar surface area (TPSA) is 67.9 Å². The van der Waals surface area contributed by atoms with Crippen molar-refractivity contribution in [2.45, 2.75) is 12.5 Å². The van der Waals surface area contributed by atoms with Gasteiger partial charge in [0.25, 0.3) is 0 Å². The maximum Gasteiger partial charge on any atom is 0.227 e. The molecule has 1 fully saturated rings. The monoisotopic (exact) mass is 374 g/mol. The lowest BCUT2D eigenvalue weighted by Crippen LogP contribution is -2.35. The molecule has 1 N–H and O–H groups in total. The molecule has 0 radical (unpaired) electrons. The number of benzene rings is 1. The van der Waals surface area contributed by atoms with Crippen molar-refractivity contribution in [1.82, 2.24) is 5.32 Å². The van der Waals surface area contributed by atoms with Gasteiger partial charge in [0.1, 0.15) is 11.9 Å². The van der Waals surface area contributed by atoms with Gasteiger partial charge in [-0.3, -0.25) is 9.59 Å². The van der Waals surface area contributed by atoms with Crippen molar-refractivity contribution in [2.75, 3.05) is 32.2 Å². The van der Waals surface area contributed by atoms with E-state index < -0.39 is 0 Å². The Labute approximate surface area is 156 Å². The molecule has 2 aromatic rings. The number of anilines is 1. The van der Waals surface area contributed by atoms with E-state index in [1.807, 2.05) is 29.0 Å². The minimum absolute atomic E-state index is 0.0450. The third kappa shape index (κ3) is 4.05. The third-order valence-corrected chi connectivity index (χ3v) is 5.24. The molecule has 26 heavy (non-hydrogen) atoms. The number of methoxy groups -OCH3 is 2. The second-order valence-electron chi connectivity index (χ2n) is 6.13. The van der Waals surface area contributed by atoms with Gasteiger partial charge in [-0.05, 0) is 46.7 Å². The zero-order valence-corrected chi connectivity index (χ0v) is 15.6. The molecule has 2 unspecified atom stereocenters. The first kappa shape index (κ1) is 18.4. The molecule has 0 bridgehead atoms. The normalized spacial score (nSPS) is 18.0. The summed E-state index contributed by atoms with van der Waals surface area (Å²) in [4.78, 5) is 26.5. The first-order valence-corrected chi connectivity index (χ1v) is 9.33. The first-order chi connectivity index (χ1) is 12.6. The van der Waals surface area contributed by atoms with Gasteiger partial charge in [0.2, 0.25) is 11.8 Å². The van der Waals surface area contributed by atoms with Crippen molar-refractivity contribution in [3.8, 4) is 5.75 Å². The number of hydrogen-bond donors (Lipinski definition) is 1. The molecular formula is C19H22N2O4S. The molecule has 2 heterocycles. The largest absolute Gasteiger partial charge is 0.497 e. The van der Waals surface area contributed by atoms with E-state index in [9.17, 15) is 9.59 Å². The summed E-state index contributed by atoms with van der Waals surface area (Å²) in [7, 11) is 3.22. The molecule has 7 heteroatoms. The Hall–Kier alpha value is -2.38. The average Bonchev–Trinajstić information content (AvgIpc) is 3.32. The fraction of sp³-hybridized carbons (Fsp3) is 0.368. The Morgan fingerprint density at radius 1 is 1.31 bits per heavy atom. The van der Waals surface area contributed by atoms with Crippen molar-refractivity contribution >= 4 is 28.8 Å². The van der Waals surface area contributed by atoms with Gasteiger partial charge in [0.05, 0.1) is 13.0 Å². The third-order valence-electron chi connectivity index (χ3n) is 4.54. The summed E-state index contributed by atoms with van der Waals surface area (Å²) < 4.78 is 10.6. The van der Waals surface area contributed by atoms with Crippen molar-refractivity contribution < 1.29 is 19.1 Å². The minimum Gasteiger partial charge on any atom is -0.497 e. The van der Waals surface area contributed by atoms with Crippen LogP contribution in [0.15, 0.2) is 41.1 Å². The predicted molar refractivity (Wildman–Crippen MR) is 101 cm³/mol. The van der Waals surface area contributed by atoms with Gasteiger partial charge in [-0.25, -0.2) is 0 Å². The number of rotatable bonds is 7. The number of carbonyl (C=O) groups excluding carboxylic acids is 2. The van der Waals surface area contributed by atoms with E-state index in [0.29, 0.717) is 13.1 Å². The Balaban J connectivity index is 1.58. The van der Waals surface area contributed by atoms with Crippen LogP contribution in [0.25, 0.3) is 0 Å². The molecule has 138 valence electrons. The maximum absolute atomic E-state index is 12.5. The highest BCUT2D eigenvalue weighted by Gasteiger charge is 2.35. The molecule has 1 aliphatic rings. The van der Waals surface area contributed by atoms with Gasteiger partial charge >= 0.3 is 0 Å². The number of ether oxygens (including phenoxy) is 2. The maximum atomic E-state index is 12.5. The lowest BCUT2D eigenvalue weighted by atomic mass is 10.1. The van der Waals surface area contributed by atoms with E-state index in [0.717, 1.165) is 17.0 Å². The zero-order valence-electron chi connectivity index (χ0n) is 14.8. The second-order valence-corrected chi connectivity index (χ2v) is 6.91. The molecule has 1 aromatic carbocycles. The van der Waals surface area contributed by atoms with Crippen molar-refractivity contribution in [2.24, 2.45) is 5.92 Å². The van der Waals surface area contributed by atoms with Crippen LogP contribution < -0.4 is 15.0 Å². The van der Waals surface area contributed by atoms with Gasteiger partial charge in [-0.1, -0.05) is 0 Å². The summed E-state index contributed by atoms with van der Waals surface area (Å²) in [5, 5.41) is 6.90. The molecule has 0 saturated carbocycles. The van der Waals surface area contributed by atoms with Crippen LogP contribution >= 0.6 is 11.3 Å². The van der Waals surface area contributed by atoms with E-state index in [-0.39, 0.29) is 30.3 Å². The summed E-state index contributed by atoms with van der Waals surface area (Å²) in [6.45, 7) is 0.770. The molecule has 1 aromatic heterocycles. The summed E-state index contributed by atoms with van der Waals surface area (Å²) >= 11 is 1.59. The van der Waals surface area contributed by atoms with Gasteiger partial charge in [0.15, 0.2) is 0 Å². The highest BCUT2D eigenvalue weighted by atomic mass is 32.1. The highest BCUT2D eigenvalue weighted by Crippen LogP contribution is 2.27. The molecule has 3 rings (SSSR count). The fourth-order valence-corrected chi connectivity index (χ4v) is 3.73. The number of nitrogens with one attached hydrogen (secondary N) is 1. The van der Waals surface area contributed by atoms with Crippen LogP contribution in [-0.4, -0.2) is 39.1 Å². The Bertz CT molecular complexity index is 745. The predicted octanol–water partition coefficient (Wildman–Crippen LogP) is 2.61. The Kier molecular flexibility index (Phi) is 5.90. The highest BCUT2D eigenvalue weighted by molar-refractivity contribution is 7.07. The molecule has 1 saturated heterocycles. The molecule has 6 nitrogen and oxygen atoms in total. The van der Waals surface area contributed by atoms with Gasteiger partial charge in [-0.2, -0.15) is 11.3 Å². The van der Waals surface area contributed by atoms with E-state index >= 15 is 0 Å². The van der Waals surface area contributed by atoms with E-state index in [4.69, 9.17) is 9.47 Å². The molecule has 2 amide bonds. The Morgan fingerprint density at radius 2 is 2.08 bits per heavy atom. The van der Waals surface area contributed by atoms with Crippen LogP contribution in [-0.2, 0) is 14.3 Å². The van der Waals surface area contributed by atoms with E-state index in [1.54, 1.807) is 42.6 Å². The quantitative estimate of drug-likeness (QED) is 0.809. The van der Waals surface area contributed by atoms with Gasteiger partial charge in [-0.15, -0.1) is 0 Å². The standard InChI is InChI=1S/C19H22N2O4S/c1-24-16-5-3-15(4-6-16)21-11-14(9-18(21)22)19(23)20-10-17(25-2)13-7-8-26-12-13/h3-8,12,14,17H,9-11H2,1-2H3,(H,20,23). The number of hydrogen-bond acceptors (Lipinski definition) is 5. The van der Waals surface area contributed by atoms with Crippen LogP contribution in [0.2, 0.25) is 0 Å². The molecule has 0 aliphatic carbocycles.